The van der Waals surface area contributed by atoms with E-state index in [1.165, 1.54) is 0 Å². The molecule has 0 spiro atoms. The Balaban J connectivity index is 2.10. The van der Waals surface area contributed by atoms with E-state index in [4.69, 9.17) is 16.3 Å². The fourth-order valence-corrected chi connectivity index (χ4v) is 2.55. The van der Waals surface area contributed by atoms with E-state index < -0.39 is 0 Å². The zero-order valence-electron chi connectivity index (χ0n) is 11.5. The minimum atomic E-state index is -0.176. The Morgan fingerprint density at radius 1 is 1.33 bits per heavy atom. The molecule has 108 valence electrons. The number of nitrogens with zero attached hydrogens (tertiary/aromatic N) is 3. The SMILES string of the molecule is COCN1Cc2cccnc2N(c2cccc(Cl)c2)C1=O. The molecule has 0 N–H and O–H groups in total. The number of fused-ring (bicyclic) bond motifs is 1. The number of amides is 2. The van der Waals surface area contributed by atoms with Gasteiger partial charge in [-0.15, -0.1) is 0 Å². The molecule has 0 radical (unpaired) electrons. The van der Waals surface area contributed by atoms with Crippen molar-refractivity contribution in [3.63, 3.8) is 0 Å². The van der Waals surface area contributed by atoms with Crippen LogP contribution in [-0.2, 0) is 11.3 Å². The van der Waals surface area contributed by atoms with Gasteiger partial charge in [0.2, 0.25) is 0 Å². The molecule has 0 saturated carbocycles. The van der Waals surface area contributed by atoms with Crippen LogP contribution in [-0.4, -0.2) is 29.8 Å². The molecule has 6 heteroatoms. The summed E-state index contributed by atoms with van der Waals surface area (Å²) in [5, 5.41) is 0.571. The predicted molar refractivity (Wildman–Crippen MR) is 80.6 cm³/mol. The number of anilines is 2. The number of hydrogen-bond donors (Lipinski definition) is 0. The molecule has 0 saturated heterocycles. The number of hydrogen-bond acceptors (Lipinski definition) is 3. The van der Waals surface area contributed by atoms with Crippen molar-refractivity contribution in [3.05, 3.63) is 53.2 Å². The van der Waals surface area contributed by atoms with Gasteiger partial charge >= 0.3 is 6.03 Å². The molecule has 0 aliphatic carbocycles. The van der Waals surface area contributed by atoms with Crippen molar-refractivity contribution in [2.24, 2.45) is 0 Å². The van der Waals surface area contributed by atoms with Gasteiger partial charge in [-0.3, -0.25) is 4.90 Å². The molecule has 1 aromatic heterocycles. The highest BCUT2D eigenvalue weighted by molar-refractivity contribution is 6.31. The number of urea groups is 1. The summed E-state index contributed by atoms with van der Waals surface area (Å²) in [5.74, 6) is 0.636. The summed E-state index contributed by atoms with van der Waals surface area (Å²) in [4.78, 5) is 20.2. The van der Waals surface area contributed by atoms with E-state index in [0.29, 0.717) is 23.1 Å². The fourth-order valence-electron chi connectivity index (χ4n) is 2.36. The maximum Gasteiger partial charge on any atom is 0.332 e. The summed E-state index contributed by atoms with van der Waals surface area (Å²) in [6.07, 6.45) is 1.68. The summed E-state index contributed by atoms with van der Waals surface area (Å²) in [6.45, 7) is 0.706. The summed E-state index contributed by atoms with van der Waals surface area (Å²) in [6, 6.07) is 10.8. The van der Waals surface area contributed by atoms with Gasteiger partial charge in [-0.2, -0.15) is 0 Å². The first kappa shape index (κ1) is 13.9. The number of carbonyl (C=O) groups is 1. The third-order valence-electron chi connectivity index (χ3n) is 3.25. The summed E-state index contributed by atoms with van der Waals surface area (Å²) in [7, 11) is 1.57. The highest BCUT2D eigenvalue weighted by Gasteiger charge is 2.32. The number of rotatable bonds is 3. The lowest BCUT2D eigenvalue weighted by Crippen LogP contribution is -2.45. The van der Waals surface area contributed by atoms with E-state index >= 15 is 0 Å². The number of pyridine rings is 1. The van der Waals surface area contributed by atoms with Crippen molar-refractivity contribution in [1.82, 2.24) is 9.88 Å². The van der Waals surface area contributed by atoms with E-state index in [-0.39, 0.29) is 12.8 Å². The van der Waals surface area contributed by atoms with Crippen LogP contribution in [0.4, 0.5) is 16.3 Å². The third kappa shape index (κ3) is 2.57. The standard InChI is InChI=1S/C15H14ClN3O2/c1-21-10-18-9-11-4-3-7-17-14(11)19(15(18)20)13-6-2-5-12(16)8-13/h2-8H,9-10H2,1H3. The number of carbonyl (C=O) groups excluding carboxylic acids is 1. The van der Waals surface area contributed by atoms with Crippen LogP contribution in [0.15, 0.2) is 42.6 Å². The van der Waals surface area contributed by atoms with E-state index in [1.54, 1.807) is 35.2 Å². The molecule has 3 rings (SSSR count). The van der Waals surface area contributed by atoms with Crippen LogP contribution in [0.3, 0.4) is 0 Å². The number of methoxy groups -OCH3 is 1. The molecule has 21 heavy (non-hydrogen) atoms. The second-order valence-corrected chi connectivity index (χ2v) is 5.14. The molecule has 2 heterocycles. The van der Waals surface area contributed by atoms with E-state index in [0.717, 1.165) is 5.56 Å². The van der Waals surface area contributed by atoms with Crippen LogP contribution in [0.25, 0.3) is 0 Å². The summed E-state index contributed by atoms with van der Waals surface area (Å²) < 4.78 is 5.11. The van der Waals surface area contributed by atoms with Crippen molar-refractivity contribution in [1.29, 1.82) is 0 Å². The number of benzene rings is 1. The first-order chi connectivity index (χ1) is 10.2. The lowest BCUT2D eigenvalue weighted by molar-refractivity contribution is 0.0799. The molecule has 0 atom stereocenters. The lowest BCUT2D eigenvalue weighted by Gasteiger charge is -2.35. The van der Waals surface area contributed by atoms with E-state index in [1.807, 2.05) is 24.3 Å². The van der Waals surface area contributed by atoms with Crippen LogP contribution < -0.4 is 4.90 Å². The quantitative estimate of drug-likeness (QED) is 0.873. The van der Waals surface area contributed by atoms with Crippen LogP contribution in [0.5, 0.6) is 0 Å². The largest absolute Gasteiger partial charge is 0.364 e. The first-order valence-corrected chi connectivity index (χ1v) is 6.86. The van der Waals surface area contributed by atoms with Crippen molar-refractivity contribution in [2.75, 3.05) is 18.7 Å². The van der Waals surface area contributed by atoms with Crippen molar-refractivity contribution >= 4 is 29.1 Å². The smallest absolute Gasteiger partial charge is 0.332 e. The Kier molecular flexibility index (Phi) is 3.77. The Hall–Kier alpha value is -2.11. The fraction of sp³-hybridized carbons (Fsp3) is 0.200. The molecule has 1 aliphatic rings. The summed E-state index contributed by atoms with van der Waals surface area (Å²) in [5.41, 5.74) is 1.65. The molecule has 0 bridgehead atoms. The molecule has 5 nitrogen and oxygen atoms in total. The van der Waals surface area contributed by atoms with Crippen molar-refractivity contribution < 1.29 is 9.53 Å². The van der Waals surface area contributed by atoms with Crippen molar-refractivity contribution in [3.8, 4) is 0 Å². The lowest BCUT2D eigenvalue weighted by atomic mass is 10.1. The van der Waals surface area contributed by atoms with Gasteiger partial charge in [-0.25, -0.2) is 14.7 Å². The molecular weight excluding hydrogens is 290 g/mol. The maximum atomic E-state index is 12.7. The van der Waals surface area contributed by atoms with Gasteiger partial charge in [0.25, 0.3) is 0 Å². The summed E-state index contributed by atoms with van der Waals surface area (Å²) >= 11 is 6.04. The monoisotopic (exact) mass is 303 g/mol. The van der Waals surface area contributed by atoms with Gasteiger partial charge in [-0.1, -0.05) is 23.7 Å². The highest BCUT2D eigenvalue weighted by Crippen LogP contribution is 2.33. The Bertz CT molecular complexity index is 677. The number of halogens is 1. The van der Waals surface area contributed by atoms with Crippen LogP contribution in [0, 0.1) is 0 Å². The normalized spacial score (nSPS) is 14.3. The Labute approximate surface area is 127 Å². The second kappa shape index (κ2) is 5.71. The minimum Gasteiger partial charge on any atom is -0.364 e. The third-order valence-corrected chi connectivity index (χ3v) is 3.49. The molecule has 0 fully saturated rings. The van der Waals surface area contributed by atoms with Crippen LogP contribution in [0.1, 0.15) is 5.56 Å². The topological polar surface area (TPSA) is 45.7 Å². The molecule has 2 aromatic rings. The van der Waals surface area contributed by atoms with Gasteiger partial charge in [-0.05, 0) is 24.3 Å². The highest BCUT2D eigenvalue weighted by atomic mass is 35.5. The number of ether oxygens (including phenoxy) is 1. The van der Waals surface area contributed by atoms with E-state index in [2.05, 4.69) is 4.98 Å². The van der Waals surface area contributed by atoms with Crippen molar-refractivity contribution in [2.45, 2.75) is 6.54 Å². The average Bonchev–Trinajstić information content (AvgIpc) is 2.48. The minimum absolute atomic E-state index is 0.176. The van der Waals surface area contributed by atoms with Gasteiger partial charge in [0, 0.05) is 23.9 Å². The molecule has 0 unspecified atom stereocenters. The zero-order valence-corrected chi connectivity index (χ0v) is 12.2. The second-order valence-electron chi connectivity index (χ2n) is 4.70. The Morgan fingerprint density at radius 2 is 2.19 bits per heavy atom. The number of aromatic nitrogens is 1. The molecule has 1 aromatic carbocycles. The molecule has 1 aliphatic heterocycles. The molecule has 2 amide bonds. The van der Waals surface area contributed by atoms with Gasteiger partial charge in [0.1, 0.15) is 12.5 Å². The maximum absolute atomic E-state index is 12.7. The average molecular weight is 304 g/mol. The predicted octanol–water partition coefficient (Wildman–Crippen LogP) is 3.41. The zero-order chi connectivity index (χ0) is 14.8. The first-order valence-electron chi connectivity index (χ1n) is 6.48. The van der Waals surface area contributed by atoms with Crippen LogP contribution >= 0.6 is 11.6 Å². The Morgan fingerprint density at radius 3 is 2.95 bits per heavy atom. The van der Waals surface area contributed by atoms with Gasteiger partial charge < -0.3 is 4.74 Å². The van der Waals surface area contributed by atoms with Gasteiger partial charge in [0.15, 0.2) is 0 Å². The van der Waals surface area contributed by atoms with E-state index in [9.17, 15) is 4.79 Å². The molecular formula is C15H14ClN3O2. The van der Waals surface area contributed by atoms with Gasteiger partial charge in [0.05, 0.1) is 12.2 Å². The van der Waals surface area contributed by atoms with Crippen LogP contribution in [0.2, 0.25) is 5.02 Å².